The van der Waals surface area contributed by atoms with Crippen LogP contribution in [0.15, 0.2) is 42.6 Å². The minimum absolute atomic E-state index is 0.275. The number of amides is 1. The van der Waals surface area contributed by atoms with E-state index in [1.165, 1.54) is 23.2 Å². The van der Waals surface area contributed by atoms with Crippen molar-refractivity contribution >= 4 is 5.91 Å². The van der Waals surface area contributed by atoms with Gasteiger partial charge in [-0.2, -0.15) is 0 Å². The highest BCUT2D eigenvalue weighted by Crippen LogP contribution is 2.29. The molecule has 0 atom stereocenters. The zero-order chi connectivity index (χ0) is 17.6. The molecule has 3 heteroatoms. The Hall–Kier alpha value is -2.03. The molecule has 1 fully saturated rings. The normalized spacial score (nSPS) is 14.3. The van der Waals surface area contributed by atoms with Crippen LogP contribution in [0.3, 0.4) is 0 Å². The summed E-state index contributed by atoms with van der Waals surface area (Å²) in [5.41, 5.74) is 3.82. The molecule has 0 aliphatic heterocycles. The zero-order valence-electron chi connectivity index (χ0n) is 15.6. The predicted molar refractivity (Wildman–Crippen MR) is 102 cm³/mol. The Morgan fingerprint density at radius 3 is 2.76 bits per heavy atom. The topological polar surface area (TPSA) is 25.2 Å². The number of aromatic nitrogens is 1. The number of aryl methyl sites for hydroxylation is 1. The Morgan fingerprint density at radius 1 is 1.24 bits per heavy atom. The van der Waals surface area contributed by atoms with E-state index in [9.17, 15) is 4.79 Å². The van der Waals surface area contributed by atoms with Crippen LogP contribution in [0, 0.1) is 12.8 Å². The van der Waals surface area contributed by atoms with E-state index in [1.807, 2.05) is 0 Å². The molecule has 1 heterocycles. The highest BCUT2D eigenvalue weighted by molar-refractivity contribution is 5.79. The summed E-state index contributed by atoms with van der Waals surface area (Å²) in [5, 5.41) is 0. The molecule has 3 rings (SSSR count). The summed E-state index contributed by atoms with van der Waals surface area (Å²) in [5.74, 6) is 0.639. The number of rotatable bonds is 8. The lowest BCUT2D eigenvalue weighted by molar-refractivity contribution is -0.139. The average molecular weight is 338 g/mol. The van der Waals surface area contributed by atoms with Crippen molar-refractivity contribution in [2.45, 2.75) is 59.0 Å². The summed E-state index contributed by atoms with van der Waals surface area (Å²) in [4.78, 5) is 14.9. The maximum Gasteiger partial charge on any atom is 0.226 e. The molecule has 134 valence electrons. The van der Waals surface area contributed by atoms with Crippen molar-refractivity contribution in [3.63, 3.8) is 0 Å². The lowest BCUT2D eigenvalue weighted by atomic mass is 9.84. The quantitative estimate of drug-likeness (QED) is 0.680. The monoisotopic (exact) mass is 338 g/mol. The third-order valence-corrected chi connectivity index (χ3v) is 5.26. The molecular weight excluding hydrogens is 308 g/mol. The summed E-state index contributed by atoms with van der Waals surface area (Å²) in [6, 6.07) is 12.9. The molecule has 0 bridgehead atoms. The van der Waals surface area contributed by atoms with E-state index in [2.05, 4.69) is 65.9 Å². The number of unbranched alkanes of at least 4 members (excludes halogenated alkanes) is 1. The van der Waals surface area contributed by atoms with Gasteiger partial charge in [-0.1, -0.05) is 49.6 Å². The van der Waals surface area contributed by atoms with Crippen molar-refractivity contribution in [1.82, 2.24) is 9.47 Å². The molecule has 1 aromatic carbocycles. The maximum atomic E-state index is 12.8. The molecule has 25 heavy (non-hydrogen) atoms. The van der Waals surface area contributed by atoms with Gasteiger partial charge in [0.25, 0.3) is 0 Å². The van der Waals surface area contributed by atoms with Crippen molar-refractivity contribution in [2.75, 3.05) is 6.54 Å². The summed E-state index contributed by atoms with van der Waals surface area (Å²) in [6.07, 6.45) is 7.69. The molecule has 0 saturated heterocycles. The van der Waals surface area contributed by atoms with Crippen molar-refractivity contribution < 1.29 is 4.79 Å². The lowest BCUT2D eigenvalue weighted by Gasteiger charge is -2.32. The van der Waals surface area contributed by atoms with E-state index < -0.39 is 0 Å². The minimum atomic E-state index is 0.275. The standard InChI is InChI=1S/C22H30N2O/c1-3-4-13-24(22(25)20-10-6-11-20)17-21-12-7-14-23(21)16-19-9-5-8-18(2)15-19/h5,7-9,12,14-15,20H,3-4,6,10-11,13,16-17H2,1-2H3. The van der Waals surface area contributed by atoms with Gasteiger partial charge in [0, 0.05) is 30.9 Å². The van der Waals surface area contributed by atoms with Gasteiger partial charge in [0.2, 0.25) is 5.91 Å². The third-order valence-electron chi connectivity index (χ3n) is 5.26. The average Bonchev–Trinajstić information content (AvgIpc) is 2.96. The number of carbonyl (C=O) groups is 1. The molecule has 1 aromatic heterocycles. The molecule has 0 radical (unpaired) electrons. The van der Waals surface area contributed by atoms with Crippen molar-refractivity contribution in [3.05, 3.63) is 59.4 Å². The number of benzene rings is 1. The number of nitrogens with zero attached hydrogens (tertiary/aromatic N) is 2. The molecule has 0 N–H and O–H groups in total. The molecule has 3 nitrogen and oxygen atoms in total. The largest absolute Gasteiger partial charge is 0.345 e. The number of carbonyl (C=O) groups excluding carboxylic acids is 1. The van der Waals surface area contributed by atoms with Gasteiger partial charge in [-0.3, -0.25) is 4.79 Å². The van der Waals surface area contributed by atoms with Crippen LogP contribution >= 0.6 is 0 Å². The van der Waals surface area contributed by atoms with Gasteiger partial charge in [-0.05, 0) is 43.9 Å². The van der Waals surface area contributed by atoms with Crippen LogP contribution in [0.1, 0.15) is 55.8 Å². The summed E-state index contributed by atoms with van der Waals surface area (Å²) >= 11 is 0. The van der Waals surface area contributed by atoms with Gasteiger partial charge in [0.05, 0.1) is 6.54 Å². The second-order valence-electron chi connectivity index (χ2n) is 7.36. The van der Waals surface area contributed by atoms with E-state index in [1.54, 1.807) is 0 Å². The summed E-state index contributed by atoms with van der Waals surface area (Å²) < 4.78 is 2.28. The van der Waals surface area contributed by atoms with E-state index >= 15 is 0 Å². The van der Waals surface area contributed by atoms with Crippen molar-refractivity contribution in [2.24, 2.45) is 5.92 Å². The van der Waals surface area contributed by atoms with Crippen LogP contribution < -0.4 is 0 Å². The molecule has 1 aliphatic rings. The van der Waals surface area contributed by atoms with E-state index in [0.29, 0.717) is 5.91 Å². The first-order chi connectivity index (χ1) is 12.2. The molecule has 0 spiro atoms. The highest BCUT2D eigenvalue weighted by atomic mass is 16.2. The van der Waals surface area contributed by atoms with E-state index in [4.69, 9.17) is 0 Å². The SMILES string of the molecule is CCCCN(Cc1cccn1Cc1cccc(C)c1)C(=O)C1CCC1. The molecular formula is C22H30N2O. The minimum Gasteiger partial charge on any atom is -0.345 e. The van der Waals surface area contributed by atoms with Gasteiger partial charge in [-0.25, -0.2) is 0 Å². The predicted octanol–water partition coefficient (Wildman–Crippen LogP) is 4.77. The van der Waals surface area contributed by atoms with Crippen LogP contribution in [0.4, 0.5) is 0 Å². The molecule has 0 unspecified atom stereocenters. The van der Waals surface area contributed by atoms with Crippen molar-refractivity contribution in [3.8, 4) is 0 Å². The van der Waals surface area contributed by atoms with Crippen LogP contribution in [-0.4, -0.2) is 21.9 Å². The first-order valence-electron chi connectivity index (χ1n) is 9.65. The lowest BCUT2D eigenvalue weighted by Crippen LogP contribution is -2.39. The van der Waals surface area contributed by atoms with Gasteiger partial charge in [-0.15, -0.1) is 0 Å². The van der Waals surface area contributed by atoms with Gasteiger partial charge in [0.15, 0.2) is 0 Å². The van der Waals surface area contributed by atoms with Crippen LogP contribution in [0.5, 0.6) is 0 Å². The first kappa shape index (κ1) is 17.8. The first-order valence-corrected chi connectivity index (χ1v) is 9.65. The molecule has 2 aromatic rings. The molecule has 1 saturated carbocycles. The second kappa shape index (κ2) is 8.37. The van der Waals surface area contributed by atoms with E-state index in [-0.39, 0.29) is 5.92 Å². The number of hydrogen-bond donors (Lipinski definition) is 0. The molecule has 1 amide bonds. The Morgan fingerprint density at radius 2 is 2.08 bits per heavy atom. The van der Waals surface area contributed by atoms with Crippen LogP contribution in [0.25, 0.3) is 0 Å². The smallest absolute Gasteiger partial charge is 0.226 e. The Kier molecular flexibility index (Phi) is 5.95. The fourth-order valence-corrected chi connectivity index (χ4v) is 3.48. The number of hydrogen-bond acceptors (Lipinski definition) is 1. The Bertz CT molecular complexity index is 700. The third kappa shape index (κ3) is 4.53. The Labute approximate surface area is 151 Å². The van der Waals surface area contributed by atoms with Gasteiger partial charge >= 0.3 is 0 Å². The fourth-order valence-electron chi connectivity index (χ4n) is 3.48. The van der Waals surface area contributed by atoms with Crippen LogP contribution in [0.2, 0.25) is 0 Å². The van der Waals surface area contributed by atoms with Crippen molar-refractivity contribution in [1.29, 1.82) is 0 Å². The zero-order valence-corrected chi connectivity index (χ0v) is 15.6. The fraction of sp³-hybridized carbons (Fsp3) is 0.500. The van der Waals surface area contributed by atoms with Crippen LogP contribution in [-0.2, 0) is 17.9 Å². The Balaban J connectivity index is 1.71. The van der Waals surface area contributed by atoms with Gasteiger partial charge < -0.3 is 9.47 Å². The molecule has 1 aliphatic carbocycles. The highest BCUT2D eigenvalue weighted by Gasteiger charge is 2.29. The van der Waals surface area contributed by atoms with Gasteiger partial charge in [0.1, 0.15) is 0 Å². The maximum absolute atomic E-state index is 12.8. The summed E-state index contributed by atoms with van der Waals surface area (Å²) in [6.45, 7) is 6.79. The second-order valence-corrected chi connectivity index (χ2v) is 7.36. The summed E-state index contributed by atoms with van der Waals surface area (Å²) in [7, 11) is 0. The van der Waals surface area contributed by atoms with E-state index in [0.717, 1.165) is 45.3 Å².